The van der Waals surface area contributed by atoms with Crippen LogP contribution in [0, 0.1) is 0 Å². The summed E-state index contributed by atoms with van der Waals surface area (Å²) in [6.07, 6.45) is 6.71. The lowest BCUT2D eigenvalue weighted by Gasteiger charge is -2.33. The molecule has 1 rings (SSSR count). The van der Waals surface area contributed by atoms with E-state index < -0.39 is 0 Å². The molecule has 0 radical (unpaired) electrons. The van der Waals surface area contributed by atoms with Crippen molar-refractivity contribution < 1.29 is 4.79 Å². The highest BCUT2D eigenvalue weighted by Gasteiger charge is 2.22. The normalized spacial score (nSPS) is 18.3. The molecule has 1 saturated heterocycles. The Morgan fingerprint density at radius 2 is 2.13 bits per heavy atom. The molecule has 0 aliphatic carbocycles. The van der Waals surface area contributed by atoms with Crippen LogP contribution in [0.15, 0.2) is 12.2 Å². The van der Waals surface area contributed by atoms with Crippen LogP contribution in [0.4, 0.5) is 0 Å². The van der Waals surface area contributed by atoms with Crippen molar-refractivity contribution in [2.75, 3.05) is 19.6 Å². The van der Waals surface area contributed by atoms with Gasteiger partial charge < -0.3 is 10.2 Å². The molecule has 3 heteroatoms. The highest BCUT2D eigenvalue weighted by molar-refractivity contribution is 5.87. The van der Waals surface area contributed by atoms with E-state index in [-0.39, 0.29) is 5.91 Å². The van der Waals surface area contributed by atoms with Gasteiger partial charge in [0.25, 0.3) is 0 Å². The maximum atomic E-state index is 11.9. The largest absolute Gasteiger partial charge is 0.336 e. The Morgan fingerprint density at radius 1 is 1.47 bits per heavy atom. The number of rotatable bonds is 4. The number of carbonyl (C=O) groups excluding carboxylic acids is 1. The van der Waals surface area contributed by atoms with Gasteiger partial charge >= 0.3 is 0 Å². The minimum Gasteiger partial charge on any atom is -0.336 e. The van der Waals surface area contributed by atoms with Gasteiger partial charge in [-0.15, -0.1) is 0 Å². The van der Waals surface area contributed by atoms with E-state index in [0.717, 1.165) is 38.9 Å². The average molecular weight is 210 g/mol. The van der Waals surface area contributed by atoms with E-state index in [2.05, 4.69) is 12.2 Å². The van der Waals surface area contributed by atoms with Crippen molar-refractivity contribution in [2.45, 2.75) is 39.2 Å². The quantitative estimate of drug-likeness (QED) is 0.714. The van der Waals surface area contributed by atoms with Crippen molar-refractivity contribution >= 4 is 5.91 Å². The van der Waals surface area contributed by atoms with Gasteiger partial charge in [0, 0.05) is 12.6 Å². The third-order valence-corrected chi connectivity index (χ3v) is 2.81. The molecule has 1 amide bonds. The van der Waals surface area contributed by atoms with E-state index in [1.165, 1.54) is 0 Å². The van der Waals surface area contributed by atoms with Crippen molar-refractivity contribution in [1.29, 1.82) is 0 Å². The first kappa shape index (κ1) is 12.2. The van der Waals surface area contributed by atoms with Crippen LogP contribution in [-0.4, -0.2) is 36.5 Å². The molecule has 0 bridgehead atoms. The summed E-state index contributed by atoms with van der Waals surface area (Å²) >= 11 is 0. The summed E-state index contributed by atoms with van der Waals surface area (Å²) in [6.45, 7) is 6.97. The van der Waals surface area contributed by atoms with E-state index in [1.54, 1.807) is 6.08 Å². The number of carbonyl (C=O) groups is 1. The molecule has 0 atom stereocenters. The van der Waals surface area contributed by atoms with Gasteiger partial charge in [0.05, 0.1) is 0 Å². The first-order valence-electron chi connectivity index (χ1n) is 5.93. The molecule has 1 aliphatic heterocycles. The summed E-state index contributed by atoms with van der Waals surface area (Å²) in [5.74, 6) is 0.172. The minimum atomic E-state index is 0.172. The van der Waals surface area contributed by atoms with Crippen molar-refractivity contribution in [3.63, 3.8) is 0 Å². The average Bonchev–Trinajstić information content (AvgIpc) is 2.27. The second kappa shape index (κ2) is 6.62. The second-order valence-electron chi connectivity index (χ2n) is 4.01. The predicted molar refractivity (Wildman–Crippen MR) is 62.7 cm³/mol. The van der Waals surface area contributed by atoms with Crippen LogP contribution >= 0.6 is 0 Å². The maximum absolute atomic E-state index is 11.9. The minimum absolute atomic E-state index is 0.172. The Bertz CT molecular complexity index is 220. The van der Waals surface area contributed by atoms with Crippen LogP contribution in [0.2, 0.25) is 0 Å². The number of hydrogen-bond donors (Lipinski definition) is 1. The molecule has 0 aromatic rings. The number of hydrogen-bond acceptors (Lipinski definition) is 2. The smallest absolute Gasteiger partial charge is 0.246 e. The standard InChI is InChI=1S/C12H22N2O/c1-3-5-12(15)14(10-4-2)11-6-8-13-9-7-11/h3,5,11,13H,4,6-10H2,1-2H3/b5-3+. The zero-order valence-electron chi connectivity index (χ0n) is 9.83. The fraction of sp³-hybridized carbons (Fsp3) is 0.750. The number of nitrogens with one attached hydrogen (secondary N) is 1. The molecule has 0 saturated carbocycles. The second-order valence-corrected chi connectivity index (χ2v) is 4.01. The molecule has 1 aliphatic rings. The highest BCUT2D eigenvalue weighted by atomic mass is 16.2. The van der Waals surface area contributed by atoms with Gasteiger partial charge in [-0.1, -0.05) is 13.0 Å². The molecule has 86 valence electrons. The van der Waals surface area contributed by atoms with Gasteiger partial charge in [-0.05, 0) is 45.4 Å². The lowest BCUT2D eigenvalue weighted by molar-refractivity contribution is -0.128. The van der Waals surface area contributed by atoms with E-state index in [4.69, 9.17) is 0 Å². The summed E-state index contributed by atoms with van der Waals surface area (Å²) in [6, 6.07) is 0.440. The molecule has 1 heterocycles. The fourth-order valence-electron chi connectivity index (χ4n) is 2.07. The van der Waals surface area contributed by atoms with Gasteiger partial charge in [-0.25, -0.2) is 0 Å². The van der Waals surface area contributed by atoms with E-state index >= 15 is 0 Å². The summed E-state index contributed by atoms with van der Waals surface area (Å²) in [4.78, 5) is 13.9. The van der Waals surface area contributed by atoms with Gasteiger partial charge in [0.15, 0.2) is 0 Å². The molecule has 0 aromatic heterocycles. The Kier molecular flexibility index (Phi) is 5.40. The van der Waals surface area contributed by atoms with E-state index in [0.29, 0.717) is 6.04 Å². The predicted octanol–water partition coefficient (Wildman–Crippen LogP) is 1.55. The zero-order chi connectivity index (χ0) is 11.1. The SMILES string of the molecule is C/C=C/C(=O)N(CCC)C1CCNCC1. The van der Waals surface area contributed by atoms with Crippen LogP contribution < -0.4 is 5.32 Å². The van der Waals surface area contributed by atoms with E-state index in [9.17, 15) is 4.79 Å². The van der Waals surface area contributed by atoms with Crippen molar-refractivity contribution in [3.05, 3.63) is 12.2 Å². The fourth-order valence-corrected chi connectivity index (χ4v) is 2.07. The summed E-state index contributed by atoms with van der Waals surface area (Å²) in [5.41, 5.74) is 0. The van der Waals surface area contributed by atoms with Gasteiger partial charge in [-0.3, -0.25) is 4.79 Å². The number of amides is 1. The molecule has 1 fully saturated rings. The van der Waals surface area contributed by atoms with Crippen LogP contribution in [0.1, 0.15) is 33.1 Å². The topological polar surface area (TPSA) is 32.3 Å². The van der Waals surface area contributed by atoms with Crippen LogP contribution in [0.25, 0.3) is 0 Å². The Morgan fingerprint density at radius 3 is 2.67 bits per heavy atom. The third-order valence-electron chi connectivity index (χ3n) is 2.81. The van der Waals surface area contributed by atoms with Crippen LogP contribution in [0.3, 0.4) is 0 Å². The molecule has 0 unspecified atom stereocenters. The van der Waals surface area contributed by atoms with Gasteiger partial charge in [0.1, 0.15) is 0 Å². The Balaban J connectivity index is 2.58. The first-order valence-corrected chi connectivity index (χ1v) is 5.93. The first-order chi connectivity index (χ1) is 7.29. The lowest BCUT2D eigenvalue weighted by atomic mass is 10.0. The lowest BCUT2D eigenvalue weighted by Crippen LogP contribution is -2.45. The van der Waals surface area contributed by atoms with Gasteiger partial charge in [-0.2, -0.15) is 0 Å². The van der Waals surface area contributed by atoms with Crippen LogP contribution in [0.5, 0.6) is 0 Å². The molecular weight excluding hydrogens is 188 g/mol. The van der Waals surface area contributed by atoms with Crippen molar-refractivity contribution in [2.24, 2.45) is 0 Å². The highest BCUT2D eigenvalue weighted by Crippen LogP contribution is 2.13. The Hall–Kier alpha value is -0.830. The summed E-state index contributed by atoms with van der Waals surface area (Å²) in [7, 11) is 0. The molecular formula is C12H22N2O. The van der Waals surface area contributed by atoms with Crippen molar-refractivity contribution in [1.82, 2.24) is 10.2 Å². The number of piperidine rings is 1. The molecule has 3 nitrogen and oxygen atoms in total. The summed E-state index contributed by atoms with van der Waals surface area (Å²) in [5, 5.41) is 3.33. The third kappa shape index (κ3) is 3.67. The van der Waals surface area contributed by atoms with Crippen LogP contribution in [-0.2, 0) is 4.79 Å². The summed E-state index contributed by atoms with van der Waals surface area (Å²) < 4.78 is 0. The molecule has 1 N–H and O–H groups in total. The molecule has 0 aromatic carbocycles. The maximum Gasteiger partial charge on any atom is 0.246 e. The Labute approximate surface area is 92.5 Å². The zero-order valence-corrected chi connectivity index (χ0v) is 9.83. The number of allylic oxidation sites excluding steroid dienone is 1. The molecule has 0 spiro atoms. The number of nitrogens with zero attached hydrogens (tertiary/aromatic N) is 1. The molecule has 15 heavy (non-hydrogen) atoms. The van der Waals surface area contributed by atoms with Gasteiger partial charge in [0.2, 0.25) is 5.91 Å². The van der Waals surface area contributed by atoms with E-state index in [1.807, 2.05) is 17.9 Å². The van der Waals surface area contributed by atoms with Crippen molar-refractivity contribution in [3.8, 4) is 0 Å². The monoisotopic (exact) mass is 210 g/mol.